The summed E-state index contributed by atoms with van der Waals surface area (Å²) in [7, 11) is 0. The van der Waals surface area contributed by atoms with Gasteiger partial charge in [-0.1, -0.05) is 11.6 Å². The highest BCUT2D eigenvalue weighted by atomic mass is 35.5. The maximum atomic E-state index is 11.2. The van der Waals surface area contributed by atoms with E-state index in [4.69, 9.17) is 16.9 Å². The van der Waals surface area contributed by atoms with E-state index in [1.807, 2.05) is 6.07 Å². The Morgan fingerprint density at radius 1 is 1.69 bits per heavy atom. The van der Waals surface area contributed by atoms with Crippen LogP contribution in [0.25, 0.3) is 11.2 Å². The van der Waals surface area contributed by atoms with E-state index < -0.39 is 0 Å². The molecular weight excluding hydrogens is 192 g/mol. The lowest BCUT2D eigenvalue weighted by molar-refractivity contribution is -0.579. The van der Waals surface area contributed by atoms with Crippen LogP contribution in [0.3, 0.4) is 0 Å². The van der Waals surface area contributed by atoms with E-state index in [-0.39, 0.29) is 16.2 Å². The van der Waals surface area contributed by atoms with Crippen LogP contribution in [0.2, 0.25) is 5.02 Å². The third-order valence-electron chi connectivity index (χ3n) is 1.65. The van der Waals surface area contributed by atoms with Crippen LogP contribution in [0.15, 0.2) is 12.5 Å². The van der Waals surface area contributed by atoms with Gasteiger partial charge in [0.05, 0.1) is 5.02 Å². The summed E-state index contributed by atoms with van der Waals surface area (Å²) < 4.78 is 0.534. The first kappa shape index (κ1) is 7.83. The van der Waals surface area contributed by atoms with Crippen molar-refractivity contribution >= 4 is 22.8 Å². The molecule has 0 unspecified atom stereocenters. The predicted octanol–water partition coefficient (Wildman–Crippen LogP) is 0.721. The SMILES string of the molecule is N#Cc1c[n+]([O-])c2[nH]cnc2c1Cl. The number of hydrogen-bond acceptors (Lipinski definition) is 3. The van der Waals surface area contributed by atoms with Crippen molar-refractivity contribution in [1.82, 2.24) is 9.97 Å². The third-order valence-corrected chi connectivity index (χ3v) is 2.03. The first-order valence-electron chi connectivity index (χ1n) is 3.39. The van der Waals surface area contributed by atoms with Crippen molar-refractivity contribution in [2.45, 2.75) is 0 Å². The number of imidazole rings is 1. The molecule has 0 aliphatic heterocycles. The van der Waals surface area contributed by atoms with Crippen LogP contribution in [0, 0.1) is 16.5 Å². The van der Waals surface area contributed by atoms with Crippen LogP contribution >= 0.6 is 11.6 Å². The van der Waals surface area contributed by atoms with E-state index in [2.05, 4.69) is 9.97 Å². The Kier molecular flexibility index (Phi) is 1.57. The minimum absolute atomic E-state index is 0.122. The van der Waals surface area contributed by atoms with E-state index in [9.17, 15) is 5.21 Å². The molecular formula is C7H3ClN4O. The van der Waals surface area contributed by atoms with Crippen molar-refractivity contribution in [3.63, 3.8) is 0 Å². The molecule has 5 nitrogen and oxygen atoms in total. The molecule has 0 saturated heterocycles. The summed E-state index contributed by atoms with van der Waals surface area (Å²) in [6.45, 7) is 0. The number of aromatic nitrogens is 3. The second-order valence-electron chi connectivity index (χ2n) is 2.39. The molecule has 0 bridgehead atoms. The van der Waals surface area contributed by atoms with Crippen molar-refractivity contribution in [2.75, 3.05) is 0 Å². The first-order valence-corrected chi connectivity index (χ1v) is 3.76. The first-order chi connectivity index (χ1) is 6.24. The fraction of sp³-hybridized carbons (Fsp3) is 0. The molecule has 0 saturated carbocycles. The Hall–Kier alpha value is -1.80. The van der Waals surface area contributed by atoms with Gasteiger partial charge in [0.25, 0.3) is 0 Å². The van der Waals surface area contributed by atoms with Gasteiger partial charge in [-0.15, -0.1) is 0 Å². The van der Waals surface area contributed by atoms with Crippen molar-refractivity contribution in [2.24, 2.45) is 0 Å². The normalized spacial score (nSPS) is 10.2. The fourth-order valence-electron chi connectivity index (χ4n) is 1.06. The number of nitrogens with one attached hydrogen (secondary N) is 1. The lowest BCUT2D eigenvalue weighted by atomic mass is 10.3. The Labute approximate surface area is 77.8 Å². The molecule has 2 aromatic rings. The minimum atomic E-state index is 0.122. The summed E-state index contributed by atoms with van der Waals surface area (Å²) in [6.07, 6.45) is 2.47. The zero-order valence-electron chi connectivity index (χ0n) is 6.28. The molecule has 0 atom stereocenters. The summed E-state index contributed by atoms with van der Waals surface area (Å²) in [5.74, 6) is 0. The van der Waals surface area contributed by atoms with Gasteiger partial charge >= 0.3 is 5.65 Å². The summed E-state index contributed by atoms with van der Waals surface area (Å²) in [5, 5.41) is 20.0. The Bertz CT molecular complexity index is 513. The van der Waals surface area contributed by atoms with Gasteiger partial charge in [0.15, 0.2) is 11.8 Å². The summed E-state index contributed by atoms with van der Waals surface area (Å²) in [4.78, 5) is 6.45. The van der Waals surface area contributed by atoms with Gasteiger partial charge in [0, 0.05) is 0 Å². The Balaban J connectivity index is 2.95. The van der Waals surface area contributed by atoms with Gasteiger partial charge in [-0.25, -0.2) is 14.7 Å². The number of nitrogens with zero attached hydrogens (tertiary/aromatic N) is 3. The molecule has 2 rings (SSSR count). The third kappa shape index (κ3) is 0.999. The summed E-state index contributed by atoms with van der Waals surface area (Å²) in [5.41, 5.74) is 0.691. The number of pyridine rings is 1. The zero-order valence-corrected chi connectivity index (χ0v) is 7.04. The quantitative estimate of drug-likeness (QED) is 0.496. The molecule has 6 heteroatoms. The van der Waals surface area contributed by atoms with Crippen molar-refractivity contribution < 1.29 is 4.73 Å². The molecule has 1 N–H and O–H groups in total. The average Bonchev–Trinajstić information content (AvgIpc) is 2.60. The molecule has 0 fully saturated rings. The van der Waals surface area contributed by atoms with Crippen LogP contribution < -0.4 is 4.73 Å². The molecule has 0 aliphatic carbocycles. The lowest BCUT2D eigenvalue weighted by Crippen LogP contribution is -2.27. The number of H-pyrrole nitrogens is 1. The van der Waals surface area contributed by atoms with E-state index in [1.165, 1.54) is 6.33 Å². The molecule has 0 aliphatic rings. The van der Waals surface area contributed by atoms with Gasteiger partial charge in [0.1, 0.15) is 17.8 Å². The lowest BCUT2D eigenvalue weighted by Gasteiger charge is -2.02. The van der Waals surface area contributed by atoms with Crippen LogP contribution in [0.5, 0.6) is 0 Å². The number of fused-ring (bicyclic) bond motifs is 1. The molecule has 0 radical (unpaired) electrons. The minimum Gasteiger partial charge on any atom is -0.711 e. The summed E-state index contributed by atoms with van der Waals surface area (Å²) in [6, 6.07) is 1.81. The van der Waals surface area contributed by atoms with Gasteiger partial charge in [0.2, 0.25) is 0 Å². The second-order valence-corrected chi connectivity index (χ2v) is 2.77. The number of nitriles is 1. The van der Waals surface area contributed by atoms with Crippen LogP contribution in [-0.4, -0.2) is 9.97 Å². The molecule has 64 valence electrons. The van der Waals surface area contributed by atoms with Crippen LogP contribution in [0.4, 0.5) is 0 Å². The van der Waals surface area contributed by atoms with Crippen molar-refractivity contribution in [3.05, 3.63) is 28.3 Å². The zero-order chi connectivity index (χ0) is 9.42. The number of halogens is 1. The topological polar surface area (TPSA) is 79.4 Å². The fourth-order valence-corrected chi connectivity index (χ4v) is 1.29. The molecule has 2 heterocycles. The Morgan fingerprint density at radius 3 is 3.15 bits per heavy atom. The smallest absolute Gasteiger partial charge is 0.311 e. The largest absolute Gasteiger partial charge is 0.711 e. The second kappa shape index (κ2) is 2.61. The van der Waals surface area contributed by atoms with Crippen molar-refractivity contribution in [3.8, 4) is 6.07 Å². The standard InChI is InChI=1S/C7H3ClN4O/c8-5-4(1-9)2-12(13)7-6(5)10-3-11-7/h2-3H,(H,10,11). The van der Waals surface area contributed by atoms with Gasteiger partial charge < -0.3 is 5.21 Å². The van der Waals surface area contributed by atoms with Gasteiger partial charge in [-0.2, -0.15) is 5.26 Å². The molecule has 0 spiro atoms. The maximum absolute atomic E-state index is 11.2. The molecule has 13 heavy (non-hydrogen) atoms. The van der Waals surface area contributed by atoms with Gasteiger partial charge in [-0.05, 0) is 0 Å². The molecule has 0 aromatic carbocycles. The maximum Gasteiger partial charge on any atom is 0.311 e. The van der Waals surface area contributed by atoms with E-state index in [0.29, 0.717) is 10.2 Å². The van der Waals surface area contributed by atoms with Crippen molar-refractivity contribution in [1.29, 1.82) is 5.26 Å². The molecule has 0 amide bonds. The highest BCUT2D eigenvalue weighted by Gasteiger charge is 2.14. The molecule has 2 aromatic heterocycles. The van der Waals surface area contributed by atoms with E-state index in [1.54, 1.807) is 0 Å². The van der Waals surface area contributed by atoms with E-state index in [0.717, 1.165) is 6.20 Å². The number of rotatable bonds is 0. The predicted molar refractivity (Wildman–Crippen MR) is 44.8 cm³/mol. The number of aromatic amines is 1. The Morgan fingerprint density at radius 2 is 2.46 bits per heavy atom. The summed E-state index contributed by atoms with van der Waals surface area (Å²) >= 11 is 5.80. The van der Waals surface area contributed by atoms with Crippen LogP contribution in [0.1, 0.15) is 5.56 Å². The van der Waals surface area contributed by atoms with Crippen LogP contribution in [-0.2, 0) is 0 Å². The highest BCUT2D eigenvalue weighted by molar-refractivity contribution is 6.35. The average molecular weight is 195 g/mol. The monoisotopic (exact) mass is 194 g/mol. The number of hydrogen-bond donors (Lipinski definition) is 1. The van der Waals surface area contributed by atoms with E-state index >= 15 is 0 Å². The van der Waals surface area contributed by atoms with Gasteiger partial charge in [-0.3, -0.25) is 0 Å². The highest BCUT2D eigenvalue weighted by Crippen LogP contribution is 2.20.